The van der Waals surface area contributed by atoms with Crippen LogP contribution in [0.15, 0.2) is 48.5 Å². The smallest absolute Gasteiger partial charge is 0.226 e. The Morgan fingerprint density at radius 1 is 1.25 bits per heavy atom. The molecule has 2 heterocycles. The summed E-state index contributed by atoms with van der Waals surface area (Å²) in [5.74, 6) is -0.454. The van der Waals surface area contributed by atoms with Crippen molar-refractivity contribution in [3.8, 4) is 11.4 Å². The van der Waals surface area contributed by atoms with Crippen LogP contribution in [0.2, 0.25) is 0 Å². The summed E-state index contributed by atoms with van der Waals surface area (Å²) < 4.78 is 20.3. The maximum atomic E-state index is 13.7. The van der Waals surface area contributed by atoms with Gasteiger partial charge in [-0.2, -0.15) is 5.10 Å². The van der Waals surface area contributed by atoms with Crippen LogP contribution in [0.1, 0.15) is 34.0 Å². The lowest BCUT2D eigenvalue weighted by Gasteiger charge is -2.23. The molecule has 0 aliphatic carbocycles. The number of halogens is 1. The number of benzene rings is 2. The molecule has 7 heteroatoms. The molecule has 4 rings (SSSR count). The minimum absolute atomic E-state index is 0.0353. The van der Waals surface area contributed by atoms with Crippen LogP contribution in [-0.4, -0.2) is 28.6 Å². The summed E-state index contributed by atoms with van der Waals surface area (Å²) in [6, 6.07) is 12.7. The van der Waals surface area contributed by atoms with Crippen molar-refractivity contribution < 1.29 is 18.7 Å². The van der Waals surface area contributed by atoms with Crippen LogP contribution in [-0.2, 0) is 4.79 Å². The topological polar surface area (TPSA) is 73.2 Å². The van der Waals surface area contributed by atoms with Gasteiger partial charge < -0.3 is 10.1 Å². The SMILES string of the molecule is COc1ccc(C(=O)C2CC(=O)Nc3c2c(C)nn3-c2cccc(F)c2)cc1. The van der Waals surface area contributed by atoms with E-state index >= 15 is 0 Å². The van der Waals surface area contributed by atoms with E-state index in [2.05, 4.69) is 10.4 Å². The quantitative estimate of drug-likeness (QED) is 0.703. The third-order valence-corrected chi connectivity index (χ3v) is 4.85. The number of nitrogens with one attached hydrogen (secondary N) is 1. The van der Waals surface area contributed by atoms with Gasteiger partial charge in [-0.3, -0.25) is 9.59 Å². The Hall–Kier alpha value is -3.48. The van der Waals surface area contributed by atoms with E-state index in [1.165, 1.54) is 16.8 Å². The summed E-state index contributed by atoms with van der Waals surface area (Å²) in [4.78, 5) is 25.5. The molecule has 1 amide bonds. The highest BCUT2D eigenvalue weighted by Gasteiger charge is 2.36. The van der Waals surface area contributed by atoms with Crippen LogP contribution in [0, 0.1) is 12.7 Å². The molecule has 1 aliphatic heterocycles. The lowest BCUT2D eigenvalue weighted by atomic mass is 9.85. The second-order valence-electron chi connectivity index (χ2n) is 6.64. The lowest BCUT2D eigenvalue weighted by molar-refractivity contribution is -0.116. The number of amides is 1. The standard InChI is InChI=1S/C21H18FN3O3/c1-12-19-17(20(27)13-6-8-16(28-2)9-7-13)11-18(26)23-21(19)25(24-12)15-5-3-4-14(22)10-15/h3-10,17H,11H2,1-2H3,(H,23,26). The van der Waals surface area contributed by atoms with E-state index in [-0.39, 0.29) is 18.1 Å². The number of carbonyl (C=O) groups excluding carboxylic acids is 2. The van der Waals surface area contributed by atoms with E-state index < -0.39 is 11.7 Å². The molecule has 3 aromatic rings. The molecule has 0 fully saturated rings. The molecule has 0 spiro atoms. The van der Waals surface area contributed by atoms with Crippen LogP contribution < -0.4 is 10.1 Å². The fourth-order valence-electron chi connectivity index (χ4n) is 3.52. The molecule has 0 radical (unpaired) electrons. The predicted octanol–water partition coefficient (Wildman–Crippen LogP) is 3.64. The number of nitrogens with zero attached hydrogens (tertiary/aromatic N) is 2. The summed E-state index contributed by atoms with van der Waals surface area (Å²) in [5.41, 5.74) is 2.24. The van der Waals surface area contributed by atoms with Crippen molar-refractivity contribution in [3.05, 3.63) is 71.2 Å². The zero-order valence-electron chi connectivity index (χ0n) is 15.4. The number of aryl methyl sites for hydroxylation is 1. The van der Waals surface area contributed by atoms with Gasteiger partial charge in [-0.05, 0) is 49.4 Å². The van der Waals surface area contributed by atoms with Crippen LogP contribution >= 0.6 is 0 Å². The molecule has 0 bridgehead atoms. The number of Topliss-reactive ketones (excluding diaryl/α,β-unsaturated/α-hetero) is 1. The van der Waals surface area contributed by atoms with Crippen LogP contribution in [0.3, 0.4) is 0 Å². The van der Waals surface area contributed by atoms with Gasteiger partial charge in [-0.15, -0.1) is 0 Å². The third kappa shape index (κ3) is 3.05. The van der Waals surface area contributed by atoms with Gasteiger partial charge in [-0.1, -0.05) is 6.07 Å². The average molecular weight is 379 g/mol. The average Bonchev–Trinajstić information content (AvgIpc) is 3.03. The Morgan fingerprint density at radius 2 is 2.00 bits per heavy atom. The van der Waals surface area contributed by atoms with E-state index in [1.807, 2.05) is 0 Å². The molecule has 0 saturated carbocycles. The van der Waals surface area contributed by atoms with Crippen LogP contribution in [0.25, 0.3) is 5.69 Å². The first-order chi connectivity index (χ1) is 13.5. The van der Waals surface area contributed by atoms with Crippen molar-refractivity contribution in [2.24, 2.45) is 0 Å². The Bertz CT molecular complexity index is 1070. The van der Waals surface area contributed by atoms with E-state index in [4.69, 9.17) is 4.74 Å². The third-order valence-electron chi connectivity index (χ3n) is 4.85. The monoisotopic (exact) mass is 379 g/mol. The van der Waals surface area contributed by atoms with E-state index in [1.54, 1.807) is 50.4 Å². The number of ether oxygens (including phenoxy) is 1. The first-order valence-corrected chi connectivity index (χ1v) is 8.81. The Balaban J connectivity index is 1.78. The van der Waals surface area contributed by atoms with Crippen LogP contribution in [0.5, 0.6) is 5.75 Å². The van der Waals surface area contributed by atoms with Gasteiger partial charge in [0.2, 0.25) is 5.91 Å². The molecule has 28 heavy (non-hydrogen) atoms. The largest absolute Gasteiger partial charge is 0.497 e. The van der Waals surface area contributed by atoms with Gasteiger partial charge in [0.15, 0.2) is 5.78 Å². The molecule has 0 saturated heterocycles. The number of rotatable bonds is 4. The summed E-state index contributed by atoms with van der Waals surface area (Å²) in [5, 5.41) is 7.24. The van der Waals surface area contributed by atoms with Gasteiger partial charge >= 0.3 is 0 Å². The highest BCUT2D eigenvalue weighted by molar-refractivity contribution is 6.08. The number of anilines is 1. The number of hydrogen-bond acceptors (Lipinski definition) is 4. The molecule has 1 unspecified atom stereocenters. The minimum Gasteiger partial charge on any atom is -0.497 e. The number of aromatic nitrogens is 2. The summed E-state index contributed by atoms with van der Waals surface area (Å²) >= 11 is 0. The zero-order valence-corrected chi connectivity index (χ0v) is 15.4. The lowest BCUT2D eigenvalue weighted by Crippen LogP contribution is -2.28. The molecule has 142 valence electrons. The maximum absolute atomic E-state index is 13.7. The van der Waals surface area contributed by atoms with Crippen molar-refractivity contribution in [3.63, 3.8) is 0 Å². The Labute approximate surface area is 160 Å². The minimum atomic E-state index is -0.653. The number of hydrogen-bond donors (Lipinski definition) is 1. The van der Waals surface area contributed by atoms with Crippen molar-refractivity contribution in [2.45, 2.75) is 19.3 Å². The van der Waals surface area contributed by atoms with Crippen molar-refractivity contribution in [2.75, 3.05) is 12.4 Å². The number of carbonyl (C=O) groups is 2. The first kappa shape index (κ1) is 17.9. The molecule has 1 atom stereocenters. The fourth-order valence-corrected chi connectivity index (χ4v) is 3.52. The predicted molar refractivity (Wildman–Crippen MR) is 102 cm³/mol. The van der Waals surface area contributed by atoms with E-state index in [9.17, 15) is 14.0 Å². The highest BCUT2D eigenvalue weighted by Crippen LogP contribution is 2.38. The maximum Gasteiger partial charge on any atom is 0.226 e. The summed E-state index contributed by atoms with van der Waals surface area (Å²) in [7, 11) is 1.55. The Morgan fingerprint density at radius 3 is 2.68 bits per heavy atom. The second kappa shape index (κ2) is 6.92. The summed E-state index contributed by atoms with van der Waals surface area (Å²) in [6.45, 7) is 1.78. The molecule has 1 aromatic heterocycles. The highest BCUT2D eigenvalue weighted by atomic mass is 19.1. The zero-order chi connectivity index (χ0) is 19.8. The van der Waals surface area contributed by atoms with E-state index in [0.717, 1.165) is 0 Å². The van der Waals surface area contributed by atoms with Gasteiger partial charge in [-0.25, -0.2) is 9.07 Å². The normalized spacial score (nSPS) is 15.7. The molecule has 6 nitrogen and oxygen atoms in total. The van der Waals surface area contributed by atoms with Crippen molar-refractivity contribution in [1.29, 1.82) is 0 Å². The van der Waals surface area contributed by atoms with Gasteiger partial charge in [0.05, 0.1) is 24.4 Å². The number of fused-ring (bicyclic) bond motifs is 1. The van der Waals surface area contributed by atoms with Gasteiger partial charge in [0.1, 0.15) is 17.4 Å². The number of ketones is 1. The molecule has 1 aliphatic rings. The molecular weight excluding hydrogens is 361 g/mol. The van der Waals surface area contributed by atoms with Crippen molar-refractivity contribution in [1.82, 2.24) is 9.78 Å². The second-order valence-corrected chi connectivity index (χ2v) is 6.64. The molecular formula is C21H18FN3O3. The van der Waals surface area contributed by atoms with E-state index in [0.29, 0.717) is 34.1 Å². The van der Waals surface area contributed by atoms with Crippen LogP contribution in [0.4, 0.5) is 10.2 Å². The van der Waals surface area contributed by atoms with Gasteiger partial charge in [0, 0.05) is 17.5 Å². The molecule has 1 N–H and O–H groups in total. The Kier molecular flexibility index (Phi) is 4.43. The van der Waals surface area contributed by atoms with Crippen molar-refractivity contribution >= 4 is 17.5 Å². The fraction of sp³-hybridized carbons (Fsp3) is 0.190. The van der Waals surface area contributed by atoms with Gasteiger partial charge in [0.25, 0.3) is 0 Å². The number of methoxy groups -OCH3 is 1. The first-order valence-electron chi connectivity index (χ1n) is 8.81. The molecule has 2 aromatic carbocycles. The summed E-state index contributed by atoms with van der Waals surface area (Å²) in [6.07, 6.45) is 0.0353.